The number of nitrogens with zero attached hydrogens (tertiary/aromatic N) is 3. The van der Waals surface area contributed by atoms with Crippen molar-refractivity contribution < 1.29 is 9.59 Å². The summed E-state index contributed by atoms with van der Waals surface area (Å²) in [6.45, 7) is 5.24. The van der Waals surface area contributed by atoms with Gasteiger partial charge in [0.2, 0.25) is 16.9 Å². The van der Waals surface area contributed by atoms with Crippen LogP contribution in [-0.2, 0) is 9.59 Å². The van der Waals surface area contributed by atoms with E-state index < -0.39 is 0 Å². The molecule has 2 heterocycles. The maximum Gasteiger partial charge on any atom is 0.233 e. The fourth-order valence-electron chi connectivity index (χ4n) is 2.91. The number of carbonyl (C=O) groups is 2. The Labute approximate surface area is 166 Å². The van der Waals surface area contributed by atoms with Gasteiger partial charge >= 0.3 is 0 Å². The molecular formula is C18H23N5O2S2. The monoisotopic (exact) mass is 405 g/mol. The first kappa shape index (κ1) is 19.6. The van der Waals surface area contributed by atoms with Gasteiger partial charge < -0.3 is 16.0 Å². The van der Waals surface area contributed by atoms with Gasteiger partial charge in [0.25, 0.3) is 0 Å². The molecule has 0 saturated carbocycles. The quantitative estimate of drug-likeness (QED) is 0.717. The van der Waals surface area contributed by atoms with Gasteiger partial charge in [-0.05, 0) is 49.9 Å². The van der Waals surface area contributed by atoms with Crippen LogP contribution in [0.25, 0.3) is 0 Å². The lowest BCUT2D eigenvalue weighted by Gasteiger charge is -2.31. The van der Waals surface area contributed by atoms with Crippen molar-refractivity contribution >= 4 is 45.7 Å². The summed E-state index contributed by atoms with van der Waals surface area (Å²) in [6.07, 6.45) is 1.57. The second-order valence-electron chi connectivity index (χ2n) is 6.67. The third-order valence-electron chi connectivity index (χ3n) is 4.66. The van der Waals surface area contributed by atoms with Gasteiger partial charge in [0.15, 0.2) is 4.34 Å². The molecule has 2 aromatic rings. The van der Waals surface area contributed by atoms with E-state index in [2.05, 4.69) is 41.5 Å². The topological polar surface area (TPSA) is 101 Å². The van der Waals surface area contributed by atoms with Gasteiger partial charge in [-0.3, -0.25) is 9.59 Å². The van der Waals surface area contributed by atoms with Crippen LogP contribution >= 0.6 is 23.1 Å². The highest BCUT2D eigenvalue weighted by Crippen LogP contribution is 2.29. The summed E-state index contributed by atoms with van der Waals surface area (Å²) in [5, 5.41) is 12.2. The number of primary amides is 1. The first-order valence-electron chi connectivity index (χ1n) is 8.80. The van der Waals surface area contributed by atoms with E-state index in [1.54, 1.807) is 4.90 Å². The second kappa shape index (κ2) is 8.71. The predicted molar refractivity (Wildman–Crippen MR) is 108 cm³/mol. The number of thioether (sulfide) groups is 1. The number of nitrogens with two attached hydrogens (primary N) is 1. The minimum atomic E-state index is -0.327. The molecule has 27 heavy (non-hydrogen) atoms. The molecule has 144 valence electrons. The van der Waals surface area contributed by atoms with Crippen molar-refractivity contribution in [2.24, 2.45) is 11.7 Å². The molecule has 0 unspecified atom stereocenters. The number of aryl methyl sites for hydroxylation is 2. The molecule has 7 nitrogen and oxygen atoms in total. The number of benzene rings is 1. The molecule has 1 atom stereocenters. The normalized spacial score (nSPS) is 17.0. The number of carbonyl (C=O) groups excluding carboxylic acids is 2. The summed E-state index contributed by atoms with van der Waals surface area (Å²) in [5.74, 6) is -0.275. The van der Waals surface area contributed by atoms with E-state index in [4.69, 9.17) is 5.73 Å². The van der Waals surface area contributed by atoms with E-state index in [1.165, 1.54) is 34.2 Å². The van der Waals surface area contributed by atoms with Crippen LogP contribution in [0.1, 0.15) is 24.0 Å². The maximum absolute atomic E-state index is 12.4. The number of aromatic nitrogens is 2. The number of hydrogen-bond acceptors (Lipinski definition) is 7. The predicted octanol–water partition coefficient (Wildman–Crippen LogP) is 2.71. The Balaban J connectivity index is 1.52. The van der Waals surface area contributed by atoms with Crippen molar-refractivity contribution in [1.82, 2.24) is 15.1 Å². The molecule has 9 heteroatoms. The molecule has 1 aliphatic heterocycles. The fraction of sp³-hybridized carbons (Fsp3) is 0.444. The second-order valence-corrected chi connectivity index (χ2v) is 8.87. The molecule has 0 radical (unpaired) electrons. The molecular weight excluding hydrogens is 382 g/mol. The Morgan fingerprint density at radius 1 is 1.33 bits per heavy atom. The third kappa shape index (κ3) is 5.20. The summed E-state index contributed by atoms with van der Waals surface area (Å²) in [6, 6.07) is 6.13. The zero-order valence-corrected chi connectivity index (χ0v) is 17.0. The van der Waals surface area contributed by atoms with Gasteiger partial charge in [-0.1, -0.05) is 29.2 Å². The molecule has 3 rings (SSSR count). The van der Waals surface area contributed by atoms with Gasteiger partial charge in [-0.25, -0.2) is 0 Å². The van der Waals surface area contributed by atoms with Gasteiger partial charge in [0.1, 0.15) is 0 Å². The van der Waals surface area contributed by atoms with Crippen molar-refractivity contribution in [3.8, 4) is 0 Å². The first-order valence-corrected chi connectivity index (χ1v) is 10.6. The van der Waals surface area contributed by atoms with Crippen LogP contribution in [0.5, 0.6) is 0 Å². The van der Waals surface area contributed by atoms with Crippen LogP contribution in [0.2, 0.25) is 0 Å². The standard InChI is InChI=1S/C18H23N5O2S2/c1-11-5-6-14(8-12(11)2)20-17-21-22-18(27-17)26-10-15(24)23-7-3-4-13(9-23)16(19)25/h5-6,8,13H,3-4,7,9-10H2,1-2H3,(H2,19,25)(H,20,21)/t13-/m1/s1. The van der Waals surface area contributed by atoms with Crippen LogP contribution in [0.15, 0.2) is 22.5 Å². The van der Waals surface area contributed by atoms with Crippen molar-refractivity contribution in [3.05, 3.63) is 29.3 Å². The number of anilines is 2. The molecule has 1 aromatic carbocycles. The Bertz CT molecular complexity index is 839. The average molecular weight is 406 g/mol. The van der Waals surface area contributed by atoms with Crippen LogP contribution < -0.4 is 11.1 Å². The van der Waals surface area contributed by atoms with Crippen molar-refractivity contribution in [1.29, 1.82) is 0 Å². The number of piperidine rings is 1. The molecule has 2 amide bonds. The fourth-order valence-corrected chi connectivity index (χ4v) is 4.59. The smallest absolute Gasteiger partial charge is 0.233 e. The zero-order chi connectivity index (χ0) is 19.4. The largest absolute Gasteiger partial charge is 0.369 e. The molecule has 1 aromatic heterocycles. The molecule has 1 aliphatic rings. The lowest BCUT2D eigenvalue weighted by atomic mass is 9.97. The summed E-state index contributed by atoms with van der Waals surface area (Å²) >= 11 is 2.78. The molecule has 0 spiro atoms. The molecule has 1 fully saturated rings. The number of rotatable bonds is 6. The summed E-state index contributed by atoms with van der Waals surface area (Å²) in [5.41, 5.74) is 8.79. The SMILES string of the molecule is Cc1ccc(Nc2nnc(SCC(=O)N3CCC[C@@H](C(N)=O)C3)s2)cc1C. The van der Waals surface area contributed by atoms with Crippen LogP contribution in [0.3, 0.4) is 0 Å². The van der Waals surface area contributed by atoms with E-state index in [0.29, 0.717) is 18.2 Å². The van der Waals surface area contributed by atoms with Crippen molar-refractivity contribution in [3.63, 3.8) is 0 Å². The van der Waals surface area contributed by atoms with E-state index in [9.17, 15) is 9.59 Å². The van der Waals surface area contributed by atoms with E-state index in [-0.39, 0.29) is 23.5 Å². The van der Waals surface area contributed by atoms with E-state index in [1.807, 2.05) is 6.07 Å². The molecule has 0 bridgehead atoms. The Morgan fingerprint density at radius 3 is 2.89 bits per heavy atom. The minimum absolute atomic E-state index is 0.00446. The lowest BCUT2D eigenvalue weighted by molar-refractivity contribution is -0.132. The van der Waals surface area contributed by atoms with Crippen molar-refractivity contribution in [2.75, 3.05) is 24.2 Å². The Morgan fingerprint density at radius 2 is 2.15 bits per heavy atom. The lowest BCUT2D eigenvalue weighted by Crippen LogP contribution is -2.44. The molecule has 0 aliphatic carbocycles. The highest BCUT2D eigenvalue weighted by Gasteiger charge is 2.27. The van der Waals surface area contributed by atoms with E-state index >= 15 is 0 Å². The molecule has 3 N–H and O–H groups in total. The van der Waals surface area contributed by atoms with Crippen LogP contribution in [0, 0.1) is 19.8 Å². The van der Waals surface area contributed by atoms with Gasteiger partial charge in [0.05, 0.1) is 11.7 Å². The molecule has 1 saturated heterocycles. The highest BCUT2D eigenvalue weighted by molar-refractivity contribution is 8.01. The van der Waals surface area contributed by atoms with Gasteiger partial charge in [-0.2, -0.15) is 0 Å². The van der Waals surface area contributed by atoms with Crippen LogP contribution in [0.4, 0.5) is 10.8 Å². The summed E-state index contributed by atoms with van der Waals surface area (Å²) < 4.78 is 0.734. The van der Waals surface area contributed by atoms with Crippen molar-refractivity contribution in [2.45, 2.75) is 31.0 Å². The van der Waals surface area contributed by atoms with Gasteiger partial charge in [-0.15, -0.1) is 10.2 Å². The number of amides is 2. The summed E-state index contributed by atoms with van der Waals surface area (Å²) in [7, 11) is 0. The third-order valence-corrected chi connectivity index (χ3v) is 6.62. The number of nitrogens with one attached hydrogen (secondary N) is 1. The van der Waals surface area contributed by atoms with E-state index in [0.717, 1.165) is 22.9 Å². The van der Waals surface area contributed by atoms with Crippen LogP contribution in [-0.4, -0.2) is 45.8 Å². The Hall–Kier alpha value is -2.13. The number of likely N-dealkylation sites (tertiary alicyclic amines) is 1. The van der Waals surface area contributed by atoms with Gasteiger partial charge in [0, 0.05) is 18.8 Å². The average Bonchev–Trinajstić information content (AvgIpc) is 3.10. The number of hydrogen-bond donors (Lipinski definition) is 2. The summed E-state index contributed by atoms with van der Waals surface area (Å²) in [4.78, 5) is 25.5. The highest BCUT2D eigenvalue weighted by atomic mass is 32.2. The maximum atomic E-state index is 12.4. The zero-order valence-electron chi connectivity index (χ0n) is 15.4. The Kier molecular flexibility index (Phi) is 6.33. The minimum Gasteiger partial charge on any atom is -0.369 e. The first-order chi connectivity index (χ1) is 12.9.